The zero-order valence-corrected chi connectivity index (χ0v) is 15.9. The molecule has 0 aliphatic heterocycles. The lowest BCUT2D eigenvalue weighted by Gasteiger charge is -2.27. The van der Waals surface area contributed by atoms with Crippen molar-refractivity contribution in [1.29, 1.82) is 5.26 Å². The molecule has 1 fully saturated rings. The Morgan fingerprint density at radius 3 is 2.82 bits per heavy atom. The second-order valence-electron chi connectivity index (χ2n) is 7.03. The summed E-state index contributed by atoms with van der Waals surface area (Å²) in [5.74, 6) is 0.933. The number of aliphatic hydroxyl groups excluding tert-OH is 1. The van der Waals surface area contributed by atoms with Gasteiger partial charge in [-0.1, -0.05) is 6.92 Å². The number of nitriles is 1. The summed E-state index contributed by atoms with van der Waals surface area (Å²) < 4.78 is 13.6. The maximum atomic E-state index is 13.6. The summed E-state index contributed by atoms with van der Waals surface area (Å²) in [6.45, 7) is 1.93. The van der Waals surface area contributed by atoms with E-state index in [1.54, 1.807) is 31.5 Å². The molecule has 8 heteroatoms. The van der Waals surface area contributed by atoms with Crippen LogP contribution in [0.5, 0.6) is 0 Å². The standard InChI is InChI=1S/C20H25FN6O/c1-2-14(21)11-24-20-25-12-17(18-9-13(10-22)7-8-23-18)19(27-20)26-15-3-5-16(28)6-4-15/h7-9,12,14-16,28H,2-6,11H2,1H3,(H2,24,25,26,27)/t14-,15-,16-/m0/s1. The van der Waals surface area contributed by atoms with Gasteiger partial charge in [0.05, 0.1) is 29.0 Å². The predicted molar refractivity (Wildman–Crippen MR) is 106 cm³/mol. The van der Waals surface area contributed by atoms with Crippen LogP contribution in [0.3, 0.4) is 0 Å². The third-order valence-corrected chi connectivity index (χ3v) is 4.92. The first-order valence-electron chi connectivity index (χ1n) is 9.65. The lowest BCUT2D eigenvalue weighted by Crippen LogP contribution is -2.29. The van der Waals surface area contributed by atoms with E-state index < -0.39 is 6.17 Å². The van der Waals surface area contributed by atoms with Gasteiger partial charge in [-0.15, -0.1) is 0 Å². The SMILES string of the molecule is CC[C@H](F)CNc1ncc(-c2cc(C#N)ccn2)c(N[C@H]2CC[C@H](O)CC2)n1. The van der Waals surface area contributed by atoms with Crippen LogP contribution in [0.1, 0.15) is 44.6 Å². The Bertz CT molecular complexity index is 832. The number of rotatable bonds is 7. The van der Waals surface area contributed by atoms with E-state index >= 15 is 0 Å². The Balaban J connectivity index is 1.87. The number of aromatic nitrogens is 3. The molecule has 0 unspecified atom stereocenters. The largest absolute Gasteiger partial charge is 0.393 e. The molecule has 0 bridgehead atoms. The summed E-state index contributed by atoms with van der Waals surface area (Å²) in [4.78, 5) is 13.2. The van der Waals surface area contributed by atoms with Crippen LogP contribution in [-0.4, -0.2) is 44.9 Å². The summed E-state index contributed by atoms with van der Waals surface area (Å²) >= 11 is 0. The summed E-state index contributed by atoms with van der Waals surface area (Å²) in [5.41, 5.74) is 1.78. The molecule has 0 amide bonds. The van der Waals surface area contributed by atoms with E-state index in [2.05, 4.69) is 31.7 Å². The summed E-state index contributed by atoms with van der Waals surface area (Å²) in [7, 11) is 0. The van der Waals surface area contributed by atoms with Crippen molar-refractivity contribution >= 4 is 11.8 Å². The first kappa shape index (κ1) is 20.0. The number of nitrogens with zero attached hydrogens (tertiary/aromatic N) is 4. The topological polar surface area (TPSA) is 107 Å². The summed E-state index contributed by atoms with van der Waals surface area (Å²) in [6.07, 6.45) is 5.58. The van der Waals surface area contributed by atoms with Crippen LogP contribution in [0.2, 0.25) is 0 Å². The Hall–Kier alpha value is -2.79. The predicted octanol–water partition coefficient (Wildman–Crippen LogP) is 3.29. The maximum Gasteiger partial charge on any atom is 0.224 e. The summed E-state index contributed by atoms with van der Waals surface area (Å²) in [5, 5.41) is 25.3. The quantitative estimate of drug-likeness (QED) is 0.672. The highest BCUT2D eigenvalue weighted by atomic mass is 19.1. The van der Waals surface area contributed by atoms with Crippen LogP contribution in [-0.2, 0) is 0 Å². The first-order chi connectivity index (χ1) is 13.6. The average Bonchev–Trinajstić information content (AvgIpc) is 2.73. The number of hydrogen-bond donors (Lipinski definition) is 3. The normalized spacial score (nSPS) is 20.2. The molecule has 1 aliphatic carbocycles. The summed E-state index contributed by atoms with van der Waals surface area (Å²) in [6, 6.07) is 5.62. The molecule has 7 nitrogen and oxygen atoms in total. The van der Waals surface area contributed by atoms with Gasteiger partial charge >= 0.3 is 0 Å². The molecule has 2 aromatic heterocycles. The molecule has 0 saturated heterocycles. The van der Waals surface area contributed by atoms with Gasteiger partial charge in [-0.05, 0) is 44.2 Å². The van der Waals surface area contributed by atoms with E-state index in [0.29, 0.717) is 35.0 Å². The van der Waals surface area contributed by atoms with E-state index in [4.69, 9.17) is 5.26 Å². The van der Waals surface area contributed by atoms with Crippen LogP contribution in [0, 0.1) is 11.3 Å². The minimum absolute atomic E-state index is 0.146. The Morgan fingerprint density at radius 2 is 2.11 bits per heavy atom. The first-order valence-corrected chi connectivity index (χ1v) is 9.65. The molecule has 2 heterocycles. The van der Waals surface area contributed by atoms with Crippen molar-refractivity contribution in [1.82, 2.24) is 15.0 Å². The molecule has 3 rings (SSSR count). The zero-order valence-electron chi connectivity index (χ0n) is 15.9. The van der Waals surface area contributed by atoms with Crippen molar-refractivity contribution in [2.45, 2.75) is 57.3 Å². The molecule has 0 spiro atoms. The van der Waals surface area contributed by atoms with Gasteiger partial charge < -0.3 is 15.7 Å². The van der Waals surface area contributed by atoms with Crippen LogP contribution < -0.4 is 10.6 Å². The molecule has 0 aromatic carbocycles. The Labute approximate surface area is 164 Å². The van der Waals surface area contributed by atoms with Crippen molar-refractivity contribution in [3.8, 4) is 17.3 Å². The van der Waals surface area contributed by atoms with Gasteiger partial charge in [0.2, 0.25) is 5.95 Å². The van der Waals surface area contributed by atoms with Gasteiger partial charge in [0, 0.05) is 25.0 Å². The van der Waals surface area contributed by atoms with E-state index in [-0.39, 0.29) is 18.7 Å². The van der Waals surface area contributed by atoms with Crippen LogP contribution >= 0.6 is 0 Å². The fraction of sp³-hybridized carbons (Fsp3) is 0.500. The van der Waals surface area contributed by atoms with Gasteiger partial charge in [-0.25, -0.2) is 9.37 Å². The van der Waals surface area contributed by atoms with Gasteiger partial charge in [0.25, 0.3) is 0 Å². The molecule has 148 valence electrons. The second-order valence-corrected chi connectivity index (χ2v) is 7.03. The van der Waals surface area contributed by atoms with Gasteiger partial charge in [0.15, 0.2) is 0 Å². The number of nitrogens with one attached hydrogen (secondary N) is 2. The number of anilines is 2. The van der Waals surface area contributed by atoms with Crippen molar-refractivity contribution < 1.29 is 9.50 Å². The Kier molecular flexibility index (Phi) is 6.71. The van der Waals surface area contributed by atoms with E-state index in [0.717, 1.165) is 25.7 Å². The number of halogens is 1. The second kappa shape index (κ2) is 9.42. The van der Waals surface area contributed by atoms with Crippen molar-refractivity contribution in [3.05, 3.63) is 30.1 Å². The van der Waals surface area contributed by atoms with E-state index in [1.807, 2.05) is 0 Å². The highest BCUT2D eigenvalue weighted by molar-refractivity contribution is 5.73. The maximum absolute atomic E-state index is 13.6. The third-order valence-electron chi connectivity index (χ3n) is 4.92. The monoisotopic (exact) mass is 384 g/mol. The van der Waals surface area contributed by atoms with Crippen LogP contribution in [0.15, 0.2) is 24.5 Å². The van der Waals surface area contributed by atoms with Crippen molar-refractivity contribution in [2.24, 2.45) is 0 Å². The highest BCUT2D eigenvalue weighted by Gasteiger charge is 2.21. The van der Waals surface area contributed by atoms with Gasteiger partial charge in [0.1, 0.15) is 12.0 Å². The van der Waals surface area contributed by atoms with Crippen molar-refractivity contribution in [3.63, 3.8) is 0 Å². The number of aliphatic hydroxyl groups is 1. The van der Waals surface area contributed by atoms with E-state index in [9.17, 15) is 9.50 Å². The molecule has 1 aliphatic rings. The molecule has 3 N–H and O–H groups in total. The molecule has 1 atom stereocenters. The van der Waals surface area contributed by atoms with Crippen LogP contribution in [0.4, 0.5) is 16.2 Å². The fourth-order valence-corrected chi connectivity index (χ4v) is 3.17. The number of alkyl halides is 1. The molecule has 0 radical (unpaired) electrons. The average molecular weight is 384 g/mol. The lowest BCUT2D eigenvalue weighted by molar-refractivity contribution is 0.126. The lowest BCUT2D eigenvalue weighted by atomic mass is 9.93. The third kappa shape index (κ3) is 5.14. The zero-order chi connectivity index (χ0) is 19.9. The van der Waals surface area contributed by atoms with Gasteiger partial charge in [-0.3, -0.25) is 4.98 Å². The molecule has 1 saturated carbocycles. The number of pyridine rings is 1. The molecule has 2 aromatic rings. The van der Waals surface area contributed by atoms with Crippen molar-refractivity contribution in [2.75, 3.05) is 17.2 Å². The smallest absolute Gasteiger partial charge is 0.224 e. The molecule has 28 heavy (non-hydrogen) atoms. The van der Waals surface area contributed by atoms with E-state index in [1.165, 1.54) is 0 Å². The minimum Gasteiger partial charge on any atom is -0.393 e. The molecular weight excluding hydrogens is 359 g/mol. The van der Waals surface area contributed by atoms with Gasteiger partial charge in [-0.2, -0.15) is 10.2 Å². The Morgan fingerprint density at radius 1 is 1.32 bits per heavy atom. The molecular formula is C20H25FN6O. The van der Waals surface area contributed by atoms with Crippen LogP contribution in [0.25, 0.3) is 11.3 Å². The minimum atomic E-state index is -0.964. The number of hydrogen-bond acceptors (Lipinski definition) is 7. The highest BCUT2D eigenvalue weighted by Crippen LogP contribution is 2.29. The fourth-order valence-electron chi connectivity index (χ4n) is 3.17.